The molecule has 0 unspecified atom stereocenters. The van der Waals surface area contributed by atoms with E-state index in [-0.39, 0.29) is 18.2 Å². The summed E-state index contributed by atoms with van der Waals surface area (Å²) in [4.78, 5) is 7.72. The van der Waals surface area contributed by atoms with E-state index in [1.54, 1.807) is 24.3 Å². The summed E-state index contributed by atoms with van der Waals surface area (Å²) in [5, 5.41) is 10.7. The van der Waals surface area contributed by atoms with Gasteiger partial charge < -0.3 is 9.40 Å². The van der Waals surface area contributed by atoms with Gasteiger partial charge >= 0.3 is 0 Å². The third kappa shape index (κ3) is 4.22. The number of benzene rings is 2. The fraction of sp³-hybridized carbons (Fsp3) is 0. The summed E-state index contributed by atoms with van der Waals surface area (Å²) < 4.78 is 18.8. The third-order valence-electron chi connectivity index (χ3n) is 3.73. The third-order valence-corrected chi connectivity index (χ3v) is 4.54. The molecule has 1 N–H and O–H groups in total. The van der Waals surface area contributed by atoms with E-state index in [1.807, 2.05) is 30.3 Å². The summed E-state index contributed by atoms with van der Waals surface area (Å²) in [5.41, 5.74) is 2.89. The molecule has 0 saturated heterocycles. The number of furan rings is 1. The number of imidazole rings is 1. The van der Waals surface area contributed by atoms with Crippen molar-refractivity contribution < 1.29 is 8.81 Å². The number of hydrogen-bond donors (Lipinski definition) is 1. The molecule has 0 atom stereocenters. The number of halogens is 2. The number of H-pyrrole nitrogens is 1. The van der Waals surface area contributed by atoms with Gasteiger partial charge in [-0.25, -0.2) is 9.37 Å². The maximum Gasteiger partial charge on any atom is 0.174 e. The first-order valence-corrected chi connectivity index (χ1v) is 8.63. The quantitative estimate of drug-likeness (QED) is 0.433. The van der Waals surface area contributed by atoms with Crippen LogP contribution in [0.4, 0.5) is 4.39 Å². The first-order chi connectivity index (χ1) is 12.7. The molecule has 0 aliphatic carbocycles. The molecule has 0 bridgehead atoms. The van der Waals surface area contributed by atoms with Crippen LogP contribution in [0.5, 0.6) is 0 Å². The number of nitrogens with zero attached hydrogens (tertiary/aromatic N) is 2. The van der Waals surface area contributed by atoms with Gasteiger partial charge in [-0.2, -0.15) is 5.26 Å². The summed E-state index contributed by atoms with van der Waals surface area (Å²) in [5.74, 6) is 0.207. The number of para-hydroxylation sites is 2. The van der Waals surface area contributed by atoms with E-state index < -0.39 is 0 Å². The standard InChI is InChI=1S/C20H12FN3OS.ClH/c21-15-7-5-13(6-8-15)14(12-22)11-16-9-10-19(25-16)26-20-23-17-3-1-2-4-18(17)24-20;/h1-11H,(H,23,24);1H. The zero-order chi connectivity index (χ0) is 17.9. The second-order valence-corrected chi connectivity index (χ2v) is 6.49. The lowest BCUT2D eigenvalue weighted by Crippen LogP contribution is -1.82. The second kappa shape index (κ2) is 8.12. The number of nitrogens with one attached hydrogen (secondary N) is 1. The highest BCUT2D eigenvalue weighted by molar-refractivity contribution is 7.99. The number of aromatic amines is 1. The zero-order valence-corrected chi connectivity index (χ0v) is 15.5. The van der Waals surface area contributed by atoms with E-state index >= 15 is 0 Å². The number of hydrogen-bond acceptors (Lipinski definition) is 4. The molecular formula is C20H13ClFN3OS. The van der Waals surface area contributed by atoms with Crippen LogP contribution in [0.2, 0.25) is 0 Å². The lowest BCUT2D eigenvalue weighted by Gasteiger charge is -1.98. The summed E-state index contributed by atoms with van der Waals surface area (Å²) in [6.45, 7) is 0. The number of rotatable bonds is 4. The number of aromatic nitrogens is 2. The van der Waals surface area contributed by atoms with E-state index in [4.69, 9.17) is 4.42 Å². The van der Waals surface area contributed by atoms with E-state index in [0.29, 0.717) is 22.0 Å². The molecule has 134 valence electrons. The summed E-state index contributed by atoms with van der Waals surface area (Å²) in [6, 6.07) is 19.3. The van der Waals surface area contributed by atoms with Gasteiger partial charge in [0.05, 0.1) is 22.7 Å². The van der Waals surface area contributed by atoms with Gasteiger partial charge in [-0.05, 0) is 59.8 Å². The molecule has 0 aliphatic heterocycles. The van der Waals surface area contributed by atoms with Crippen molar-refractivity contribution >= 4 is 46.9 Å². The van der Waals surface area contributed by atoms with Crippen molar-refractivity contribution in [1.82, 2.24) is 9.97 Å². The molecule has 4 nitrogen and oxygen atoms in total. The molecule has 2 heterocycles. The molecule has 27 heavy (non-hydrogen) atoms. The molecule has 2 aromatic carbocycles. The Morgan fingerprint density at radius 3 is 2.63 bits per heavy atom. The molecule has 0 fully saturated rings. The molecule has 0 aliphatic rings. The van der Waals surface area contributed by atoms with Crippen molar-refractivity contribution in [3.05, 3.63) is 77.8 Å². The fourth-order valence-corrected chi connectivity index (χ4v) is 3.26. The van der Waals surface area contributed by atoms with Crippen LogP contribution in [0.3, 0.4) is 0 Å². The van der Waals surface area contributed by atoms with Crippen LogP contribution >= 0.6 is 24.2 Å². The van der Waals surface area contributed by atoms with Crippen LogP contribution in [0, 0.1) is 17.1 Å². The monoisotopic (exact) mass is 397 g/mol. The first-order valence-electron chi connectivity index (χ1n) is 7.81. The Kier molecular flexibility index (Phi) is 5.65. The van der Waals surface area contributed by atoms with Gasteiger partial charge in [-0.1, -0.05) is 24.3 Å². The van der Waals surface area contributed by atoms with Gasteiger partial charge in [0.15, 0.2) is 10.2 Å². The summed E-state index contributed by atoms with van der Waals surface area (Å²) in [7, 11) is 0. The van der Waals surface area contributed by atoms with Gasteiger partial charge in [0.25, 0.3) is 0 Å². The highest BCUT2D eigenvalue weighted by atomic mass is 35.5. The lowest BCUT2D eigenvalue weighted by atomic mass is 10.1. The SMILES string of the molecule is Cl.N#CC(=Cc1ccc(Sc2nc3ccccc3[nH]2)o1)c1ccc(F)cc1. The van der Waals surface area contributed by atoms with Crippen LogP contribution in [0.1, 0.15) is 11.3 Å². The van der Waals surface area contributed by atoms with E-state index in [9.17, 15) is 9.65 Å². The molecule has 7 heteroatoms. The average Bonchev–Trinajstić information content (AvgIpc) is 3.26. The minimum Gasteiger partial charge on any atom is -0.450 e. The molecule has 0 spiro atoms. The van der Waals surface area contributed by atoms with Crippen LogP contribution in [0.15, 0.2) is 75.3 Å². The average molecular weight is 398 g/mol. The van der Waals surface area contributed by atoms with Crippen molar-refractivity contribution in [3.8, 4) is 6.07 Å². The van der Waals surface area contributed by atoms with Crippen LogP contribution in [-0.2, 0) is 0 Å². The Balaban J connectivity index is 0.00000210. The number of nitriles is 1. The fourth-order valence-electron chi connectivity index (χ4n) is 2.49. The zero-order valence-electron chi connectivity index (χ0n) is 13.8. The molecule has 2 aromatic heterocycles. The highest BCUT2D eigenvalue weighted by Crippen LogP contribution is 2.30. The van der Waals surface area contributed by atoms with E-state index in [0.717, 1.165) is 16.2 Å². The molecule has 4 rings (SSSR count). The molecular weight excluding hydrogens is 385 g/mol. The normalized spacial score (nSPS) is 11.2. The molecule has 0 amide bonds. The Morgan fingerprint density at radius 2 is 1.89 bits per heavy atom. The second-order valence-electron chi connectivity index (χ2n) is 5.49. The Hall–Kier alpha value is -3.01. The minimum atomic E-state index is -0.339. The van der Waals surface area contributed by atoms with E-state index in [1.165, 1.54) is 23.9 Å². The molecule has 4 aromatic rings. The van der Waals surface area contributed by atoms with Gasteiger partial charge in [0.1, 0.15) is 11.6 Å². The summed E-state index contributed by atoms with van der Waals surface area (Å²) >= 11 is 1.37. The predicted octanol–water partition coefficient (Wildman–Crippen LogP) is 5.93. The van der Waals surface area contributed by atoms with Crippen molar-refractivity contribution in [2.24, 2.45) is 0 Å². The molecule has 0 saturated carbocycles. The van der Waals surface area contributed by atoms with Gasteiger partial charge in [-0.3, -0.25) is 0 Å². The Labute approximate surface area is 165 Å². The van der Waals surface area contributed by atoms with Crippen LogP contribution < -0.4 is 0 Å². The van der Waals surface area contributed by atoms with Crippen LogP contribution in [0.25, 0.3) is 22.7 Å². The minimum absolute atomic E-state index is 0. The Bertz CT molecular complexity index is 1110. The smallest absolute Gasteiger partial charge is 0.174 e. The Morgan fingerprint density at radius 1 is 1.11 bits per heavy atom. The van der Waals surface area contributed by atoms with Gasteiger partial charge in [0.2, 0.25) is 0 Å². The van der Waals surface area contributed by atoms with Crippen molar-refractivity contribution in [2.75, 3.05) is 0 Å². The van der Waals surface area contributed by atoms with Gasteiger partial charge in [-0.15, -0.1) is 12.4 Å². The first kappa shape index (κ1) is 18.8. The van der Waals surface area contributed by atoms with Crippen molar-refractivity contribution in [1.29, 1.82) is 5.26 Å². The highest BCUT2D eigenvalue weighted by Gasteiger charge is 2.09. The van der Waals surface area contributed by atoms with Gasteiger partial charge in [0, 0.05) is 0 Å². The largest absolute Gasteiger partial charge is 0.450 e. The number of fused-ring (bicyclic) bond motifs is 1. The van der Waals surface area contributed by atoms with Crippen molar-refractivity contribution in [2.45, 2.75) is 10.2 Å². The number of allylic oxidation sites excluding steroid dienone is 1. The predicted molar refractivity (Wildman–Crippen MR) is 106 cm³/mol. The van der Waals surface area contributed by atoms with Crippen molar-refractivity contribution in [3.63, 3.8) is 0 Å². The maximum absolute atomic E-state index is 13.0. The summed E-state index contributed by atoms with van der Waals surface area (Å²) in [6.07, 6.45) is 1.63. The van der Waals surface area contributed by atoms with Crippen LogP contribution in [-0.4, -0.2) is 9.97 Å². The topological polar surface area (TPSA) is 65.6 Å². The molecule has 0 radical (unpaired) electrons. The maximum atomic E-state index is 13.0. The van der Waals surface area contributed by atoms with E-state index in [2.05, 4.69) is 16.0 Å². The lowest BCUT2D eigenvalue weighted by molar-refractivity contribution is 0.466.